The van der Waals surface area contributed by atoms with Gasteiger partial charge in [0.25, 0.3) is 0 Å². The molecule has 3 rings (SSSR count). The summed E-state index contributed by atoms with van der Waals surface area (Å²) in [7, 11) is 0. The van der Waals surface area contributed by atoms with E-state index in [1.54, 1.807) is 11.3 Å². The predicted molar refractivity (Wildman–Crippen MR) is 81.7 cm³/mol. The van der Waals surface area contributed by atoms with Gasteiger partial charge in [-0.15, -0.1) is 11.3 Å². The lowest BCUT2D eigenvalue weighted by molar-refractivity contribution is -0.132. The van der Waals surface area contributed by atoms with Crippen molar-refractivity contribution in [2.45, 2.75) is 38.1 Å². The van der Waals surface area contributed by atoms with Crippen LogP contribution in [0.25, 0.3) is 0 Å². The molecule has 0 radical (unpaired) electrons. The number of hydrogen-bond donors (Lipinski definition) is 1. The van der Waals surface area contributed by atoms with Crippen molar-refractivity contribution >= 4 is 17.2 Å². The fraction of sp³-hybridized carbons (Fsp3) is 0.438. The third-order valence-corrected chi connectivity index (χ3v) is 4.88. The van der Waals surface area contributed by atoms with Crippen LogP contribution in [0.3, 0.4) is 0 Å². The topological polar surface area (TPSA) is 36.1 Å². The van der Waals surface area contributed by atoms with E-state index in [1.165, 1.54) is 10.6 Å². The number of nitrogens with one attached hydrogen (secondary N) is 1. The van der Waals surface area contributed by atoms with Crippen molar-refractivity contribution in [3.63, 3.8) is 0 Å². The summed E-state index contributed by atoms with van der Waals surface area (Å²) in [6, 6.07) is 8.57. The van der Waals surface area contributed by atoms with Crippen LogP contribution in [0.15, 0.2) is 35.8 Å². The maximum absolute atomic E-state index is 12.4. The summed E-state index contributed by atoms with van der Waals surface area (Å²) < 4.78 is 0. The fourth-order valence-corrected chi connectivity index (χ4v) is 3.70. The number of thiophene rings is 1. The second-order valence-electron chi connectivity index (χ2n) is 5.30. The standard InChI is InChI=1S/C16H20N2OS/c19-16(9-1-5-13-6-4-12-20-13)18-11-3-8-15(18)14-7-2-10-17-14/h2,4,6-7,10,12,15,17H,1,3,5,8-9,11H2/t15-/m1/s1. The van der Waals surface area contributed by atoms with Crippen LogP contribution < -0.4 is 0 Å². The molecule has 1 aliphatic rings. The lowest BCUT2D eigenvalue weighted by Gasteiger charge is -2.24. The number of aromatic amines is 1. The first-order valence-corrected chi connectivity index (χ1v) is 8.18. The molecule has 0 aliphatic carbocycles. The summed E-state index contributed by atoms with van der Waals surface area (Å²) in [5, 5.41) is 2.10. The van der Waals surface area contributed by atoms with Crippen molar-refractivity contribution in [2.24, 2.45) is 0 Å². The molecule has 4 heteroatoms. The zero-order chi connectivity index (χ0) is 13.8. The van der Waals surface area contributed by atoms with E-state index in [2.05, 4.69) is 33.5 Å². The van der Waals surface area contributed by atoms with Gasteiger partial charge in [0.05, 0.1) is 6.04 Å². The van der Waals surface area contributed by atoms with E-state index < -0.39 is 0 Å². The Morgan fingerprint density at radius 1 is 1.40 bits per heavy atom. The number of hydrogen-bond acceptors (Lipinski definition) is 2. The molecule has 2 aromatic heterocycles. The Morgan fingerprint density at radius 2 is 2.35 bits per heavy atom. The molecule has 0 bridgehead atoms. The van der Waals surface area contributed by atoms with Gasteiger partial charge in [-0.2, -0.15) is 0 Å². The molecule has 0 saturated carbocycles. The number of amides is 1. The molecule has 3 heterocycles. The monoisotopic (exact) mass is 288 g/mol. The van der Waals surface area contributed by atoms with Gasteiger partial charge in [-0.3, -0.25) is 4.79 Å². The Hall–Kier alpha value is -1.55. The van der Waals surface area contributed by atoms with Gasteiger partial charge in [-0.05, 0) is 49.3 Å². The van der Waals surface area contributed by atoms with E-state index in [4.69, 9.17) is 0 Å². The average Bonchev–Trinajstić information content (AvgIpc) is 3.19. The van der Waals surface area contributed by atoms with Crippen LogP contribution in [-0.2, 0) is 11.2 Å². The number of aromatic nitrogens is 1. The molecule has 20 heavy (non-hydrogen) atoms. The third-order valence-electron chi connectivity index (χ3n) is 3.95. The molecule has 1 N–H and O–H groups in total. The highest BCUT2D eigenvalue weighted by atomic mass is 32.1. The molecule has 0 spiro atoms. The molecule has 2 aromatic rings. The van der Waals surface area contributed by atoms with Crippen LogP contribution in [-0.4, -0.2) is 22.3 Å². The predicted octanol–water partition coefficient (Wildman–Crippen LogP) is 3.76. The maximum Gasteiger partial charge on any atom is 0.223 e. The van der Waals surface area contributed by atoms with E-state index in [1.807, 2.05) is 12.3 Å². The summed E-state index contributed by atoms with van der Waals surface area (Å²) in [5.41, 5.74) is 1.18. The number of carbonyl (C=O) groups excluding carboxylic acids is 1. The molecule has 1 fully saturated rings. The van der Waals surface area contributed by atoms with Crippen molar-refractivity contribution in [1.82, 2.24) is 9.88 Å². The summed E-state index contributed by atoms with van der Waals surface area (Å²) in [6.45, 7) is 0.904. The molecule has 0 aromatic carbocycles. The number of nitrogens with zero attached hydrogens (tertiary/aromatic N) is 1. The van der Waals surface area contributed by atoms with E-state index in [0.717, 1.165) is 32.2 Å². The molecule has 106 valence electrons. The molecule has 1 saturated heterocycles. The van der Waals surface area contributed by atoms with Gasteiger partial charge in [0.15, 0.2) is 0 Å². The summed E-state index contributed by atoms with van der Waals surface area (Å²) in [6.07, 6.45) is 6.76. The molecule has 1 atom stereocenters. The van der Waals surface area contributed by atoms with E-state index >= 15 is 0 Å². The first-order chi connectivity index (χ1) is 9.84. The molecule has 3 nitrogen and oxygen atoms in total. The highest BCUT2D eigenvalue weighted by molar-refractivity contribution is 7.09. The number of likely N-dealkylation sites (tertiary alicyclic amines) is 1. The lowest BCUT2D eigenvalue weighted by Crippen LogP contribution is -2.30. The Bertz CT molecular complexity index is 533. The Morgan fingerprint density at radius 3 is 3.10 bits per heavy atom. The molecule has 0 unspecified atom stereocenters. The smallest absolute Gasteiger partial charge is 0.223 e. The van der Waals surface area contributed by atoms with Crippen molar-refractivity contribution in [3.05, 3.63) is 46.4 Å². The quantitative estimate of drug-likeness (QED) is 0.893. The summed E-state index contributed by atoms with van der Waals surface area (Å²) in [4.78, 5) is 19.1. The lowest BCUT2D eigenvalue weighted by atomic mass is 10.1. The van der Waals surface area contributed by atoms with Crippen molar-refractivity contribution < 1.29 is 4.79 Å². The number of H-pyrrole nitrogens is 1. The SMILES string of the molecule is O=C(CCCc1cccs1)N1CCC[C@@H]1c1ccc[nH]1. The highest BCUT2D eigenvalue weighted by Gasteiger charge is 2.29. The van der Waals surface area contributed by atoms with Crippen LogP contribution in [0.1, 0.15) is 42.3 Å². The van der Waals surface area contributed by atoms with E-state index in [9.17, 15) is 4.79 Å². The van der Waals surface area contributed by atoms with Gasteiger partial charge < -0.3 is 9.88 Å². The number of rotatable bonds is 5. The van der Waals surface area contributed by atoms with Crippen LogP contribution in [0.5, 0.6) is 0 Å². The molecular formula is C16H20N2OS. The fourth-order valence-electron chi connectivity index (χ4n) is 2.95. The van der Waals surface area contributed by atoms with Gasteiger partial charge in [0.1, 0.15) is 0 Å². The minimum absolute atomic E-state index is 0.263. The van der Waals surface area contributed by atoms with Gasteiger partial charge >= 0.3 is 0 Å². The Balaban J connectivity index is 1.53. The Labute approximate surface area is 123 Å². The minimum Gasteiger partial charge on any atom is -0.363 e. The Kier molecular flexibility index (Phi) is 4.21. The molecular weight excluding hydrogens is 268 g/mol. The van der Waals surface area contributed by atoms with Crippen LogP contribution in [0, 0.1) is 0 Å². The zero-order valence-corrected chi connectivity index (χ0v) is 12.4. The zero-order valence-electron chi connectivity index (χ0n) is 11.5. The van der Waals surface area contributed by atoms with Crippen molar-refractivity contribution in [2.75, 3.05) is 6.54 Å². The van der Waals surface area contributed by atoms with E-state index in [0.29, 0.717) is 12.3 Å². The summed E-state index contributed by atoms with van der Waals surface area (Å²) >= 11 is 1.78. The third kappa shape index (κ3) is 2.96. The van der Waals surface area contributed by atoms with Gasteiger partial charge in [-0.1, -0.05) is 6.07 Å². The second kappa shape index (κ2) is 6.27. The normalized spacial score (nSPS) is 18.6. The minimum atomic E-state index is 0.263. The highest BCUT2D eigenvalue weighted by Crippen LogP contribution is 2.31. The van der Waals surface area contributed by atoms with Crippen LogP contribution >= 0.6 is 11.3 Å². The van der Waals surface area contributed by atoms with Crippen molar-refractivity contribution in [1.29, 1.82) is 0 Å². The number of aryl methyl sites for hydroxylation is 1. The van der Waals surface area contributed by atoms with Crippen molar-refractivity contribution in [3.8, 4) is 0 Å². The summed E-state index contributed by atoms with van der Waals surface area (Å²) in [5.74, 6) is 0.304. The molecule has 1 amide bonds. The largest absolute Gasteiger partial charge is 0.363 e. The second-order valence-corrected chi connectivity index (χ2v) is 6.34. The van der Waals surface area contributed by atoms with Crippen LogP contribution in [0.4, 0.5) is 0 Å². The van der Waals surface area contributed by atoms with Gasteiger partial charge in [0, 0.05) is 29.7 Å². The first kappa shape index (κ1) is 13.4. The maximum atomic E-state index is 12.4. The average molecular weight is 288 g/mol. The first-order valence-electron chi connectivity index (χ1n) is 7.30. The van der Waals surface area contributed by atoms with Gasteiger partial charge in [0.2, 0.25) is 5.91 Å². The van der Waals surface area contributed by atoms with Crippen LogP contribution in [0.2, 0.25) is 0 Å². The van der Waals surface area contributed by atoms with Gasteiger partial charge in [-0.25, -0.2) is 0 Å². The number of carbonyl (C=O) groups is 1. The van der Waals surface area contributed by atoms with E-state index in [-0.39, 0.29) is 6.04 Å². The molecule has 1 aliphatic heterocycles.